The molecule has 0 unspecified atom stereocenters. The number of hydrogen-bond donors (Lipinski definition) is 1. The Balaban J connectivity index is 3.23. The Morgan fingerprint density at radius 3 is 1.63 bits per heavy atom. The van der Waals surface area contributed by atoms with Crippen LogP contribution in [0, 0.1) is 0 Å². The molecule has 4 heteroatoms. The van der Waals surface area contributed by atoms with Crippen LogP contribution in [0.2, 0.25) is 0 Å². The van der Waals surface area contributed by atoms with Crippen molar-refractivity contribution in [3.63, 3.8) is 0 Å². The van der Waals surface area contributed by atoms with Crippen LogP contribution < -0.4 is 0 Å². The molecule has 0 fully saturated rings. The quantitative estimate of drug-likeness (QED) is 0.110. The monoisotopic (exact) mass is 422 g/mol. The summed E-state index contributed by atoms with van der Waals surface area (Å²) in [6.07, 6.45) is 30.5. The highest BCUT2D eigenvalue weighted by Gasteiger charge is 2.05. The molecule has 174 valence electrons. The molecule has 0 amide bonds. The lowest BCUT2D eigenvalue weighted by atomic mass is 10.1. The van der Waals surface area contributed by atoms with E-state index in [-0.39, 0.29) is 0 Å². The molecule has 30 heavy (non-hydrogen) atoms. The Kier molecular flexibility index (Phi) is 22.4. The van der Waals surface area contributed by atoms with Gasteiger partial charge in [-0.05, 0) is 38.5 Å². The van der Waals surface area contributed by atoms with E-state index in [0.29, 0.717) is 6.42 Å². The number of carbonyl (C=O) groups excluding carboxylic acids is 1. The number of hydrogen-bond acceptors (Lipinski definition) is 3. The van der Waals surface area contributed by atoms with Crippen LogP contribution in [0.15, 0.2) is 24.3 Å². The second-order valence-corrected chi connectivity index (χ2v) is 8.16. The average Bonchev–Trinajstić information content (AvgIpc) is 2.73. The summed E-state index contributed by atoms with van der Waals surface area (Å²) in [4.78, 5) is 21.5. The highest BCUT2D eigenvalue weighted by molar-refractivity contribution is 5.75. The van der Waals surface area contributed by atoms with Gasteiger partial charge in [0.05, 0.1) is 0 Å². The summed E-state index contributed by atoms with van der Waals surface area (Å²) >= 11 is 0. The lowest BCUT2D eigenvalue weighted by Crippen LogP contribution is -2.12. The van der Waals surface area contributed by atoms with Crippen LogP contribution in [-0.2, 0) is 14.3 Å². The van der Waals surface area contributed by atoms with Crippen molar-refractivity contribution in [1.29, 1.82) is 0 Å². The van der Waals surface area contributed by atoms with E-state index in [1.807, 2.05) is 0 Å². The first-order valence-electron chi connectivity index (χ1n) is 12.3. The number of aliphatic carboxylic acids is 1. The summed E-state index contributed by atoms with van der Waals surface area (Å²) in [5, 5.41) is 8.43. The van der Waals surface area contributed by atoms with Crippen molar-refractivity contribution >= 4 is 11.9 Å². The van der Waals surface area contributed by atoms with Gasteiger partial charge in [-0.1, -0.05) is 102 Å². The highest BCUT2D eigenvalue weighted by atomic mass is 16.5. The summed E-state index contributed by atoms with van der Waals surface area (Å²) < 4.78 is 4.60. The molecule has 0 aliphatic rings. The molecule has 4 nitrogen and oxygen atoms in total. The molecule has 0 atom stereocenters. The van der Waals surface area contributed by atoms with E-state index in [4.69, 9.17) is 5.11 Å². The van der Waals surface area contributed by atoms with Gasteiger partial charge >= 0.3 is 11.9 Å². The van der Waals surface area contributed by atoms with Gasteiger partial charge < -0.3 is 9.84 Å². The fourth-order valence-corrected chi connectivity index (χ4v) is 3.36. The minimum atomic E-state index is -1.10. The number of ether oxygens (including phenoxy) is 1. The lowest BCUT2D eigenvalue weighted by Gasteiger charge is -2.03. The van der Waals surface area contributed by atoms with Crippen molar-refractivity contribution < 1.29 is 19.4 Å². The normalized spacial score (nSPS) is 11.5. The smallest absolute Gasteiger partial charge is 0.341 e. The van der Waals surface area contributed by atoms with Gasteiger partial charge in [0.2, 0.25) is 0 Å². The zero-order valence-electron chi connectivity index (χ0n) is 19.4. The molecule has 0 saturated carbocycles. The summed E-state index contributed by atoms with van der Waals surface area (Å²) in [5.41, 5.74) is 0. The number of rotatable bonds is 22. The Hall–Kier alpha value is -1.58. The van der Waals surface area contributed by atoms with Crippen LogP contribution in [0.1, 0.15) is 122 Å². The zero-order chi connectivity index (χ0) is 22.1. The molecule has 0 aromatic rings. The Bertz CT molecular complexity index is 454. The first-order valence-corrected chi connectivity index (χ1v) is 12.3. The van der Waals surface area contributed by atoms with Crippen LogP contribution in [0.5, 0.6) is 0 Å². The largest absolute Gasteiger partial charge is 0.479 e. The molecule has 0 aliphatic carbocycles. The van der Waals surface area contributed by atoms with Crippen LogP contribution >= 0.6 is 0 Å². The lowest BCUT2D eigenvalue weighted by molar-refractivity contribution is -0.155. The molecule has 0 rings (SSSR count). The number of carboxylic acid groups (broad SMARTS) is 1. The van der Waals surface area contributed by atoms with Crippen molar-refractivity contribution in [2.75, 3.05) is 6.61 Å². The van der Waals surface area contributed by atoms with Crippen LogP contribution in [0.3, 0.4) is 0 Å². The fourth-order valence-electron chi connectivity index (χ4n) is 3.36. The Labute approximate surface area is 185 Å². The van der Waals surface area contributed by atoms with Crippen molar-refractivity contribution in [3.8, 4) is 0 Å². The first-order chi connectivity index (χ1) is 14.7. The van der Waals surface area contributed by atoms with Gasteiger partial charge in [0.15, 0.2) is 6.61 Å². The Morgan fingerprint density at radius 2 is 1.13 bits per heavy atom. The second-order valence-electron chi connectivity index (χ2n) is 8.16. The molecule has 0 saturated heterocycles. The minimum absolute atomic E-state index is 0.329. The van der Waals surface area contributed by atoms with Gasteiger partial charge in [0.25, 0.3) is 0 Å². The summed E-state index contributed by atoms with van der Waals surface area (Å²) in [6.45, 7) is 1.74. The third-order valence-electron chi connectivity index (χ3n) is 5.19. The predicted molar refractivity (Wildman–Crippen MR) is 126 cm³/mol. The third kappa shape index (κ3) is 24.5. The number of allylic oxidation sites excluding steroid dienone is 4. The average molecular weight is 423 g/mol. The van der Waals surface area contributed by atoms with Gasteiger partial charge in [0.1, 0.15) is 0 Å². The van der Waals surface area contributed by atoms with Crippen LogP contribution in [0.4, 0.5) is 0 Å². The maximum Gasteiger partial charge on any atom is 0.341 e. The SMILES string of the molecule is CCCCCCC/C=C\C/C=C\CCCCCCCCCCCC(=O)OCC(=O)O. The van der Waals surface area contributed by atoms with Crippen molar-refractivity contribution in [2.45, 2.75) is 122 Å². The topological polar surface area (TPSA) is 63.6 Å². The molecule has 0 heterocycles. The number of unbranched alkanes of at least 4 members (excludes halogenated alkanes) is 14. The minimum Gasteiger partial charge on any atom is -0.479 e. The van der Waals surface area contributed by atoms with Crippen LogP contribution in [-0.4, -0.2) is 23.7 Å². The molecule has 1 N–H and O–H groups in total. The van der Waals surface area contributed by atoms with E-state index in [9.17, 15) is 9.59 Å². The third-order valence-corrected chi connectivity index (χ3v) is 5.19. The molecule has 0 aromatic carbocycles. The number of esters is 1. The van der Waals surface area contributed by atoms with E-state index in [0.717, 1.165) is 25.7 Å². The standard InChI is InChI=1S/C26H46O4/c1-2-3-4-5-6-7-8-9-10-11-12-13-14-15-16-17-18-19-20-21-22-23-26(29)30-24-25(27)28/h8-9,11-12H,2-7,10,13-24H2,1H3,(H,27,28)/b9-8-,12-11-. The molecular formula is C26H46O4. The maximum atomic E-state index is 11.3. The maximum absolute atomic E-state index is 11.3. The van der Waals surface area contributed by atoms with Crippen molar-refractivity contribution in [3.05, 3.63) is 24.3 Å². The van der Waals surface area contributed by atoms with Gasteiger partial charge in [-0.2, -0.15) is 0 Å². The van der Waals surface area contributed by atoms with E-state index >= 15 is 0 Å². The van der Waals surface area contributed by atoms with Gasteiger partial charge in [-0.3, -0.25) is 4.79 Å². The molecule has 0 radical (unpaired) electrons. The summed E-state index contributed by atoms with van der Waals surface area (Å²) in [5.74, 6) is -1.50. The number of carboxylic acids is 1. The van der Waals surface area contributed by atoms with E-state index in [1.165, 1.54) is 83.5 Å². The van der Waals surface area contributed by atoms with E-state index in [2.05, 4.69) is 36.0 Å². The Morgan fingerprint density at radius 1 is 0.667 bits per heavy atom. The van der Waals surface area contributed by atoms with E-state index < -0.39 is 18.5 Å². The van der Waals surface area contributed by atoms with E-state index in [1.54, 1.807) is 0 Å². The van der Waals surface area contributed by atoms with Crippen LogP contribution in [0.25, 0.3) is 0 Å². The van der Waals surface area contributed by atoms with Crippen molar-refractivity contribution in [2.24, 2.45) is 0 Å². The summed E-state index contributed by atoms with van der Waals surface area (Å²) in [6, 6.07) is 0. The zero-order valence-corrected chi connectivity index (χ0v) is 19.4. The van der Waals surface area contributed by atoms with Gasteiger partial charge in [0, 0.05) is 6.42 Å². The van der Waals surface area contributed by atoms with Gasteiger partial charge in [-0.15, -0.1) is 0 Å². The molecule has 0 aromatic heterocycles. The van der Waals surface area contributed by atoms with Gasteiger partial charge in [-0.25, -0.2) is 4.79 Å². The molecule has 0 aliphatic heterocycles. The predicted octanol–water partition coefficient (Wildman–Crippen LogP) is 7.77. The molecule has 0 spiro atoms. The second kappa shape index (κ2) is 23.7. The fraction of sp³-hybridized carbons (Fsp3) is 0.769. The highest BCUT2D eigenvalue weighted by Crippen LogP contribution is 2.12. The molecular weight excluding hydrogens is 376 g/mol. The summed E-state index contributed by atoms with van der Waals surface area (Å²) in [7, 11) is 0. The number of carbonyl (C=O) groups is 2. The molecule has 0 bridgehead atoms. The van der Waals surface area contributed by atoms with Crippen molar-refractivity contribution in [1.82, 2.24) is 0 Å². The first kappa shape index (κ1) is 28.4.